The van der Waals surface area contributed by atoms with E-state index in [0.29, 0.717) is 13.2 Å². The molecule has 1 aliphatic heterocycles. The van der Waals surface area contributed by atoms with Gasteiger partial charge in [0.2, 0.25) is 0 Å². The van der Waals surface area contributed by atoms with Crippen molar-refractivity contribution in [2.24, 2.45) is 0 Å². The summed E-state index contributed by atoms with van der Waals surface area (Å²) in [5.74, 6) is -0.0278. The smallest absolute Gasteiger partial charge is 0.250 e. The van der Waals surface area contributed by atoms with Crippen molar-refractivity contribution >= 4 is 17.5 Å². The van der Waals surface area contributed by atoms with Gasteiger partial charge in [0, 0.05) is 18.1 Å². The highest BCUT2D eigenvalue weighted by molar-refractivity contribution is 6.30. The summed E-state index contributed by atoms with van der Waals surface area (Å²) in [6, 6.07) is 5.96. The van der Waals surface area contributed by atoms with Gasteiger partial charge in [-0.1, -0.05) is 17.7 Å². The van der Waals surface area contributed by atoms with Crippen LogP contribution in [0.15, 0.2) is 18.2 Å². The molecule has 1 aliphatic carbocycles. The second kappa shape index (κ2) is 5.49. The fourth-order valence-corrected chi connectivity index (χ4v) is 2.93. The zero-order valence-corrected chi connectivity index (χ0v) is 11.4. The summed E-state index contributed by atoms with van der Waals surface area (Å²) in [4.78, 5) is 12.1. The molecule has 1 aromatic carbocycles. The number of hydrogen-bond donors (Lipinski definition) is 2. The van der Waals surface area contributed by atoms with E-state index in [1.807, 2.05) is 18.2 Å². The van der Waals surface area contributed by atoms with Crippen molar-refractivity contribution in [2.75, 3.05) is 19.7 Å². The Morgan fingerprint density at radius 1 is 1.47 bits per heavy atom. The van der Waals surface area contributed by atoms with Crippen LogP contribution in [-0.4, -0.2) is 31.7 Å². The predicted octanol–water partition coefficient (Wildman–Crippen LogP) is 1.43. The lowest BCUT2D eigenvalue weighted by Gasteiger charge is -2.24. The Morgan fingerprint density at radius 2 is 2.37 bits per heavy atom. The molecule has 1 aromatic rings. The number of amides is 1. The van der Waals surface area contributed by atoms with Crippen LogP contribution in [0.25, 0.3) is 0 Å². The molecule has 102 valence electrons. The van der Waals surface area contributed by atoms with Crippen LogP contribution >= 0.6 is 11.6 Å². The normalized spacial score (nSPS) is 25.9. The molecule has 2 N–H and O–H groups in total. The summed E-state index contributed by atoms with van der Waals surface area (Å²) in [6.45, 7) is 2.00. The van der Waals surface area contributed by atoms with Gasteiger partial charge in [0.05, 0.1) is 12.6 Å². The molecule has 0 saturated carbocycles. The molecule has 1 saturated heterocycles. The number of aryl methyl sites for hydroxylation is 1. The molecular weight excluding hydrogens is 264 g/mol. The van der Waals surface area contributed by atoms with Crippen molar-refractivity contribution in [1.82, 2.24) is 10.6 Å². The standard InChI is InChI=1S/C14H17ClN2O2/c15-10-2-3-11-9(7-10)1-4-12(11)17-14(18)13-8-16-5-6-19-13/h2-3,7,12-13,16H,1,4-6,8H2,(H,17,18). The zero-order valence-electron chi connectivity index (χ0n) is 10.6. The van der Waals surface area contributed by atoms with Gasteiger partial charge in [0.15, 0.2) is 0 Å². The third-order valence-electron chi connectivity index (χ3n) is 3.72. The first kappa shape index (κ1) is 12.9. The number of halogens is 1. The van der Waals surface area contributed by atoms with Gasteiger partial charge in [-0.25, -0.2) is 0 Å². The minimum Gasteiger partial charge on any atom is -0.366 e. The van der Waals surface area contributed by atoms with Crippen LogP contribution < -0.4 is 10.6 Å². The third kappa shape index (κ3) is 2.76. The van der Waals surface area contributed by atoms with Gasteiger partial charge < -0.3 is 15.4 Å². The van der Waals surface area contributed by atoms with Crippen molar-refractivity contribution in [3.63, 3.8) is 0 Å². The van der Waals surface area contributed by atoms with Crippen molar-refractivity contribution in [3.05, 3.63) is 34.3 Å². The molecule has 19 heavy (non-hydrogen) atoms. The first-order valence-corrected chi connectivity index (χ1v) is 7.03. The summed E-state index contributed by atoms with van der Waals surface area (Å²) < 4.78 is 5.46. The largest absolute Gasteiger partial charge is 0.366 e. The number of benzene rings is 1. The fraction of sp³-hybridized carbons (Fsp3) is 0.500. The maximum atomic E-state index is 12.1. The van der Waals surface area contributed by atoms with Crippen LogP contribution in [0.2, 0.25) is 5.02 Å². The lowest BCUT2D eigenvalue weighted by atomic mass is 10.1. The van der Waals surface area contributed by atoms with Crippen LogP contribution in [0.4, 0.5) is 0 Å². The van der Waals surface area contributed by atoms with E-state index >= 15 is 0 Å². The zero-order chi connectivity index (χ0) is 13.2. The van der Waals surface area contributed by atoms with E-state index in [0.717, 1.165) is 24.4 Å². The molecule has 2 atom stereocenters. The van der Waals surface area contributed by atoms with Gasteiger partial charge in [0.1, 0.15) is 6.10 Å². The first-order chi connectivity index (χ1) is 9.24. The van der Waals surface area contributed by atoms with E-state index in [2.05, 4.69) is 10.6 Å². The van der Waals surface area contributed by atoms with Gasteiger partial charge >= 0.3 is 0 Å². The summed E-state index contributed by atoms with van der Waals surface area (Å²) in [5.41, 5.74) is 2.42. The minimum absolute atomic E-state index is 0.0278. The Balaban J connectivity index is 1.67. The molecule has 1 amide bonds. The number of fused-ring (bicyclic) bond motifs is 1. The number of ether oxygens (including phenoxy) is 1. The topological polar surface area (TPSA) is 50.4 Å². The average molecular weight is 281 g/mol. The molecule has 0 radical (unpaired) electrons. The quantitative estimate of drug-likeness (QED) is 0.862. The molecule has 5 heteroatoms. The van der Waals surface area contributed by atoms with Crippen LogP contribution in [0, 0.1) is 0 Å². The van der Waals surface area contributed by atoms with E-state index in [-0.39, 0.29) is 18.1 Å². The summed E-state index contributed by atoms with van der Waals surface area (Å²) in [6.07, 6.45) is 1.52. The lowest BCUT2D eigenvalue weighted by Crippen LogP contribution is -2.48. The summed E-state index contributed by atoms with van der Waals surface area (Å²) in [7, 11) is 0. The first-order valence-electron chi connectivity index (χ1n) is 6.65. The second-order valence-corrected chi connectivity index (χ2v) is 5.44. The third-order valence-corrected chi connectivity index (χ3v) is 3.95. The van der Waals surface area contributed by atoms with E-state index in [9.17, 15) is 4.79 Å². The number of morpholine rings is 1. The summed E-state index contributed by atoms with van der Waals surface area (Å²) in [5, 5.41) is 7.00. The van der Waals surface area contributed by atoms with Crippen molar-refractivity contribution < 1.29 is 9.53 Å². The van der Waals surface area contributed by atoms with E-state index in [4.69, 9.17) is 16.3 Å². The van der Waals surface area contributed by atoms with Crippen LogP contribution in [-0.2, 0) is 16.0 Å². The molecule has 4 nitrogen and oxygen atoms in total. The number of hydrogen-bond acceptors (Lipinski definition) is 3. The molecule has 2 unspecified atom stereocenters. The maximum absolute atomic E-state index is 12.1. The van der Waals surface area contributed by atoms with Crippen LogP contribution in [0.5, 0.6) is 0 Å². The molecule has 2 aliphatic rings. The number of rotatable bonds is 2. The SMILES string of the molecule is O=C(NC1CCc2cc(Cl)ccc21)C1CNCCO1. The van der Waals surface area contributed by atoms with Gasteiger partial charge in [-0.05, 0) is 36.1 Å². The van der Waals surface area contributed by atoms with Gasteiger partial charge in [-0.15, -0.1) is 0 Å². The Morgan fingerprint density at radius 3 is 3.16 bits per heavy atom. The molecule has 3 rings (SSSR count). The molecule has 1 fully saturated rings. The van der Waals surface area contributed by atoms with Gasteiger partial charge in [0.25, 0.3) is 5.91 Å². The van der Waals surface area contributed by atoms with Crippen molar-refractivity contribution in [1.29, 1.82) is 0 Å². The highest BCUT2D eigenvalue weighted by atomic mass is 35.5. The minimum atomic E-state index is -0.370. The fourth-order valence-electron chi connectivity index (χ4n) is 2.73. The summed E-state index contributed by atoms with van der Waals surface area (Å²) >= 11 is 5.98. The Labute approximate surface area is 117 Å². The van der Waals surface area contributed by atoms with Crippen molar-refractivity contribution in [3.8, 4) is 0 Å². The lowest BCUT2D eigenvalue weighted by molar-refractivity contribution is -0.135. The monoisotopic (exact) mass is 280 g/mol. The maximum Gasteiger partial charge on any atom is 0.250 e. The van der Waals surface area contributed by atoms with Crippen LogP contribution in [0.1, 0.15) is 23.6 Å². The highest BCUT2D eigenvalue weighted by Crippen LogP contribution is 2.32. The predicted molar refractivity (Wildman–Crippen MR) is 73.3 cm³/mol. The van der Waals surface area contributed by atoms with Gasteiger partial charge in [-0.2, -0.15) is 0 Å². The Bertz CT molecular complexity index is 486. The van der Waals surface area contributed by atoms with Crippen LogP contribution in [0.3, 0.4) is 0 Å². The number of carbonyl (C=O) groups excluding carboxylic acids is 1. The highest BCUT2D eigenvalue weighted by Gasteiger charge is 2.28. The van der Waals surface area contributed by atoms with Gasteiger partial charge in [-0.3, -0.25) is 4.79 Å². The number of nitrogens with one attached hydrogen (secondary N) is 2. The van der Waals surface area contributed by atoms with E-state index < -0.39 is 0 Å². The Kier molecular flexibility index (Phi) is 3.73. The average Bonchev–Trinajstić information content (AvgIpc) is 2.82. The molecule has 0 aromatic heterocycles. The number of carbonyl (C=O) groups is 1. The molecular formula is C14H17ClN2O2. The molecule has 0 spiro atoms. The van der Waals surface area contributed by atoms with Crippen molar-refractivity contribution in [2.45, 2.75) is 25.0 Å². The molecule has 1 heterocycles. The molecule has 0 bridgehead atoms. The second-order valence-electron chi connectivity index (χ2n) is 5.01. The van der Waals surface area contributed by atoms with E-state index in [1.165, 1.54) is 11.1 Å². The Hall–Kier alpha value is -1.10. The van der Waals surface area contributed by atoms with E-state index in [1.54, 1.807) is 0 Å².